The first-order chi connectivity index (χ1) is 6.26. The van der Waals surface area contributed by atoms with Crippen LogP contribution < -0.4 is 0 Å². The largest absolute Gasteiger partial charge is 0.459 e. The standard InChI is InChI=1S/C10H16O3/c1-3-4-8(2)5-10-12-7-9(6-11)13-10/h3-4,7-8,10-11H,5-6H2,1-2H3. The molecule has 0 aromatic heterocycles. The molecule has 3 nitrogen and oxygen atoms in total. The first-order valence-corrected chi connectivity index (χ1v) is 4.51. The molecule has 1 N–H and O–H groups in total. The molecule has 0 radical (unpaired) electrons. The highest BCUT2D eigenvalue weighted by molar-refractivity contribution is 4.93. The molecule has 1 aliphatic rings. The summed E-state index contributed by atoms with van der Waals surface area (Å²) >= 11 is 0. The van der Waals surface area contributed by atoms with Crippen LogP contribution in [0.15, 0.2) is 24.2 Å². The van der Waals surface area contributed by atoms with Gasteiger partial charge in [0.1, 0.15) is 12.9 Å². The first-order valence-electron chi connectivity index (χ1n) is 4.51. The van der Waals surface area contributed by atoms with Crippen LogP contribution in [-0.4, -0.2) is 18.0 Å². The summed E-state index contributed by atoms with van der Waals surface area (Å²) in [6, 6.07) is 0. The molecule has 0 aromatic rings. The van der Waals surface area contributed by atoms with E-state index in [0.717, 1.165) is 6.42 Å². The van der Waals surface area contributed by atoms with E-state index >= 15 is 0 Å². The molecule has 0 aliphatic carbocycles. The number of ether oxygens (including phenoxy) is 2. The van der Waals surface area contributed by atoms with E-state index in [1.807, 2.05) is 13.0 Å². The predicted molar refractivity (Wildman–Crippen MR) is 49.7 cm³/mol. The van der Waals surface area contributed by atoms with E-state index < -0.39 is 0 Å². The Kier molecular flexibility index (Phi) is 3.83. The number of hydrogen-bond acceptors (Lipinski definition) is 3. The monoisotopic (exact) mass is 184 g/mol. The van der Waals surface area contributed by atoms with E-state index in [1.165, 1.54) is 6.26 Å². The van der Waals surface area contributed by atoms with Crippen molar-refractivity contribution in [2.45, 2.75) is 26.6 Å². The Morgan fingerprint density at radius 2 is 2.46 bits per heavy atom. The van der Waals surface area contributed by atoms with Crippen LogP contribution in [0, 0.1) is 5.92 Å². The molecule has 0 aromatic carbocycles. The molecule has 2 atom stereocenters. The van der Waals surface area contributed by atoms with Gasteiger partial charge in [0, 0.05) is 6.42 Å². The molecule has 0 saturated heterocycles. The Balaban J connectivity index is 2.26. The smallest absolute Gasteiger partial charge is 0.240 e. The molecule has 2 unspecified atom stereocenters. The fraction of sp³-hybridized carbons (Fsp3) is 0.600. The maximum atomic E-state index is 8.73. The Morgan fingerprint density at radius 1 is 1.69 bits per heavy atom. The summed E-state index contributed by atoms with van der Waals surface area (Å²) in [5, 5.41) is 8.73. The van der Waals surface area contributed by atoms with Gasteiger partial charge in [-0.05, 0) is 12.8 Å². The van der Waals surface area contributed by atoms with E-state index in [4.69, 9.17) is 14.6 Å². The third-order valence-corrected chi connectivity index (χ3v) is 1.88. The van der Waals surface area contributed by atoms with Gasteiger partial charge in [-0.1, -0.05) is 19.1 Å². The molecule has 0 spiro atoms. The summed E-state index contributed by atoms with van der Waals surface area (Å²) in [5.41, 5.74) is 0. The molecule has 13 heavy (non-hydrogen) atoms. The highest BCUT2D eigenvalue weighted by Gasteiger charge is 2.20. The molecule has 0 saturated carbocycles. The Bertz CT molecular complexity index is 208. The van der Waals surface area contributed by atoms with Crippen molar-refractivity contribution in [2.75, 3.05) is 6.61 Å². The van der Waals surface area contributed by atoms with E-state index in [2.05, 4.69) is 13.0 Å². The van der Waals surface area contributed by atoms with Gasteiger partial charge in [0.05, 0.1) is 0 Å². The minimum Gasteiger partial charge on any atom is -0.459 e. The zero-order chi connectivity index (χ0) is 9.68. The van der Waals surface area contributed by atoms with Gasteiger partial charge < -0.3 is 14.6 Å². The van der Waals surface area contributed by atoms with Gasteiger partial charge in [-0.3, -0.25) is 0 Å². The molecular weight excluding hydrogens is 168 g/mol. The average Bonchev–Trinajstić information content (AvgIpc) is 2.52. The quantitative estimate of drug-likeness (QED) is 0.677. The van der Waals surface area contributed by atoms with Crippen LogP contribution in [0.25, 0.3) is 0 Å². The molecular formula is C10H16O3. The number of rotatable bonds is 4. The minimum atomic E-state index is -0.228. The van der Waals surface area contributed by atoms with Crippen molar-refractivity contribution in [1.29, 1.82) is 0 Å². The van der Waals surface area contributed by atoms with Gasteiger partial charge in [0.25, 0.3) is 0 Å². The van der Waals surface area contributed by atoms with Crippen molar-refractivity contribution < 1.29 is 14.6 Å². The zero-order valence-electron chi connectivity index (χ0n) is 8.06. The first kappa shape index (κ1) is 10.1. The lowest BCUT2D eigenvalue weighted by atomic mass is 10.1. The third-order valence-electron chi connectivity index (χ3n) is 1.88. The van der Waals surface area contributed by atoms with Crippen LogP contribution in [0.4, 0.5) is 0 Å². The van der Waals surface area contributed by atoms with Crippen molar-refractivity contribution in [1.82, 2.24) is 0 Å². The number of aliphatic hydroxyl groups excluding tert-OH is 1. The lowest BCUT2D eigenvalue weighted by Crippen LogP contribution is -2.12. The predicted octanol–water partition coefficient (Wildman–Crippen LogP) is 1.80. The number of hydrogen-bond donors (Lipinski definition) is 1. The third kappa shape index (κ3) is 3.11. The van der Waals surface area contributed by atoms with E-state index in [1.54, 1.807) is 0 Å². The second-order valence-corrected chi connectivity index (χ2v) is 3.16. The van der Waals surface area contributed by atoms with Gasteiger partial charge in [-0.25, -0.2) is 0 Å². The van der Waals surface area contributed by atoms with Gasteiger partial charge >= 0.3 is 0 Å². The summed E-state index contributed by atoms with van der Waals surface area (Å²) in [7, 11) is 0. The van der Waals surface area contributed by atoms with Crippen molar-refractivity contribution in [2.24, 2.45) is 5.92 Å². The van der Waals surface area contributed by atoms with Crippen LogP contribution in [0.3, 0.4) is 0 Å². The Morgan fingerprint density at radius 3 is 3.00 bits per heavy atom. The highest BCUT2D eigenvalue weighted by Crippen LogP contribution is 2.20. The summed E-state index contributed by atoms with van der Waals surface area (Å²) in [4.78, 5) is 0. The van der Waals surface area contributed by atoms with Crippen LogP contribution in [0.5, 0.6) is 0 Å². The second-order valence-electron chi connectivity index (χ2n) is 3.16. The van der Waals surface area contributed by atoms with Gasteiger partial charge in [0.2, 0.25) is 6.29 Å². The maximum absolute atomic E-state index is 8.73. The van der Waals surface area contributed by atoms with Crippen LogP contribution in [0.1, 0.15) is 20.3 Å². The summed E-state index contributed by atoms with van der Waals surface area (Å²) in [6.45, 7) is 4.00. The van der Waals surface area contributed by atoms with Crippen LogP contribution >= 0.6 is 0 Å². The lowest BCUT2D eigenvalue weighted by Gasteiger charge is -2.13. The van der Waals surface area contributed by atoms with Gasteiger partial charge in [-0.15, -0.1) is 0 Å². The molecule has 1 heterocycles. The zero-order valence-corrected chi connectivity index (χ0v) is 8.06. The molecule has 0 amide bonds. The maximum Gasteiger partial charge on any atom is 0.240 e. The molecule has 1 rings (SSSR count). The highest BCUT2D eigenvalue weighted by atomic mass is 16.7. The molecule has 1 aliphatic heterocycles. The SMILES string of the molecule is CC=CC(C)CC1OC=C(CO)O1. The topological polar surface area (TPSA) is 38.7 Å². The van der Waals surface area contributed by atoms with Crippen LogP contribution in [0.2, 0.25) is 0 Å². The molecule has 0 fully saturated rings. The Hall–Kier alpha value is -0.960. The summed E-state index contributed by atoms with van der Waals surface area (Å²) in [6.07, 6.45) is 6.18. The van der Waals surface area contributed by atoms with Crippen molar-refractivity contribution in [3.63, 3.8) is 0 Å². The fourth-order valence-electron chi connectivity index (χ4n) is 1.27. The van der Waals surface area contributed by atoms with Gasteiger partial charge in [0.15, 0.2) is 5.76 Å². The lowest BCUT2D eigenvalue weighted by molar-refractivity contribution is -0.0475. The summed E-state index contributed by atoms with van der Waals surface area (Å²) < 4.78 is 10.5. The second kappa shape index (κ2) is 4.92. The fourth-order valence-corrected chi connectivity index (χ4v) is 1.27. The average molecular weight is 184 g/mol. The van der Waals surface area contributed by atoms with Crippen LogP contribution in [-0.2, 0) is 9.47 Å². The number of allylic oxidation sites excluding steroid dienone is 2. The van der Waals surface area contributed by atoms with Crippen molar-refractivity contribution in [3.05, 3.63) is 24.2 Å². The Labute approximate surface area is 78.7 Å². The normalized spacial score (nSPS) is 23.9. The number of aliphatic hydroxyl groups is 1. The molecule has 3 heteroatoms. The minimum absolute atomic E-state index is 0.0888. The molecule has 0 bridgehead atoms. The van der Waals surface area contributed by atoms with E-state index in [0.29, 0.717) is 11.7 Å². The van der Waals surface area contributed by atoms with Crippen molar-refractivity contribution >= 4 is 0 Å². The van der Waals surface area contributed by atoms with Crippen molar-refractivity contribution in [3.8, 4) is 0 Å². The van der Waals surface area contributed by atoms with Gasteiger partial charge in [-0.2, -0.15) is 0 Å². The van der Waals surface area contributed by atoms with E-state index in [9.17, 15) is 0 Å². The van der Waals surface area contributed by atoms with E-state index in [-0.39, 0.29) is 12.9 Å². The molecule has 74 valence electrons. The summed E-state index contributed by atoms with van der Waals surface area (Å²) in [5.74, 6) is 0.944.